The Hall–Kier alpha value is -0.820. The van der Waals surface area contributed by atoms with Crippen molar-refractivity contribution in [2.45, 2.75) is 18.4 Å². The summed E-state index contributed by atoms with van der Waals surface area (Å²) in [6.45, 7) is 0. The molecule has 1 aromatic carbocycles. The lowest BCUT2D eigenvalue weighted by Crippen LogP contribution is -2.53. The highest BCUT2D eigenvalue weighted by Crippen LogP contribution is 2.37. The fourth-order valence-corrected chi connectivity index (χ4v) is 1.36. The standard InChI is InChI=1S/C9H11N/c10-9-6-8(9)7-4-2-1-3-5-7/h1-5,8-9H,6,10H2/p+1/t8-,9-/m1/s1. The molecule has 1 aliphatic carbocycles. The molecular weight excluding hydrogens is 122 g/mol. The molecule has 1 nitrogen and oxygen atoms in total. The molecule has 2 rings (SSSR count). The summed E-state index contributed by atoms with van der Waals surface area (Å²) in [5, 5.41) is 0. The van der Waals surface area contributed by atoms with Gasteiger partial charge in [0.25, 0.3) is 0 Å². The molecule has 1 fully saturated rings. The summed E-state index contributed by atoms with van der Waals surface area (Å²) in [7, 11) is 0. The molecule has 0 aliphatic heterocycles. The van der Waals surface area contributed by atoms with Gasteiger partial charge in [-0.1, -0.05) is 30.3 Å². The first-order chi connectivity index (χ1) is 4.88. The molecule has 0 aromatic heterocycles. The van der Waals surface area contributed by atoms with Crippen LogP contribution in [0.5, 0.6) is 0 Å². The van der Waals surface area contributed by atoms with Crippen LogP contribution in [-0.4, -0.2) is 6.04 Å². The molecule has 1 aromatic rings. The van der Waals surface area contributed by atoms with Gasteiger partial charge in [0.15, 0.2) is 0 Å². The molecule has 1 aliphatic rings. The van der Waals surface area contributed by atoms with Crippen molar-refractivity contribution in [1.29, 1.82) is 0 Å². The zero-order chi connectivity index (χ0) is 6.97. The lowest BCUT2D eigenvalue weighted by molar-refractivity contribution is -0.386. The second kappa shape index (κ2) is 2.10. The minimum atomic E-state index is 0.683. The van der Waals surface area contributed by atoms with E-state index in [4.69, 9.17) is 0 Å². The van der Waals surface area contributed by atoms with Crippen LogP contribution in [0.3, 0.4) is 0 Å². The summed E-state index contributed by atoms with van der Waals surface area (Å²) >= 11 is 0. The fourth-order valence-electron chi connectivity index (χ4n) is 1.36. The molecule has 52 valence electrons. The first kappa shape index (κ1) is 5.93. The van der Waals surface area contributed by atoms with Crippen LogP contribution >= 0.6 is 0 Å². The van der Waals surface area contributed by atoms with Crippen LogP contribution in [0.4, 0.5) is 0 Å². The predicted molar refractivity (Wildman–Crippen MR) is 40.5 cm³/mol. The third kappa shape index (κ3) is 0.929. The summed E-state index contributed by atoms with van der Waals surface area (Å²) in [6.07, 6.45) is 1.28. The fraction of sp³-hybridized carbons (Fsp3) is 0.333. The molecule has 3 N–H and O–H groups in total. The van der Waals surface area contributed by atoms with Gasteiger partial charge in [-0.05, 0) is 5.56 Å². The van der Waals surface area contributed by atoms with Crippen molar-refractivity contribution in [3.8, 4) is 0 Å². The Morgan fingerprint density at radius 2 is 1.80 bits per heavy atom. The van der Waals surface area contributed by atoms with Crippen molar-refractivity contribution in [3.63, 3.8) is 0 Å². The average Bonchev–Trinajstić information content (AvgIpc) is 2.69. The molecule has 0 bridgehead atoms. The molecule has 2 atom stereocenters. The first-order valence-electron chi connectivity index (χ1n) is 3.76. The van der Waals surface area contributed by atoms with E-state index in [1.165, 1.54) is 12.0 Å². The van der Waals surface area contributed by atoms with Gasteiger partial charge in [-0.15, -0.1) is 0 Å². The summed E-state index contributed by atoms with van der Waals surface area (Å²) in [5.74, 6) is 0.765. The van der Waals surface area contributed by atoms with Crippen LogP contribution in [0.2, 0.25) is 0 Å². The van der Waals surface area contributed by atoms with E-state index in [1.54, 1.807) is 0 Å². The topological polar surface area (TPSA) is 27.6 Å². The van der Waals surface area contributed by atoms with Crippen molar-refractivity contribution in [1.82, 2.24) is 0 Å². The van der Waals surface area contributed by atoms with Crippen molar-refractivity contribution < 1.29 is 5.73 Å². The van der Waals surface area contributed by atoms with Crippen molar-refractivity contribution >= 4 is 0 Å². The normalized spacial score (nSPS) is 30.1. The Morgan fingerprint density at radius 1 is 1.20 bits per heavy atom. The Labute approximate surface area is 60.9 Å². The SMILES string of the molecule is [NH3+][C@@H]1C[C@@H]1c1ccccc1. The van der Waals surface area contributed by atoms with E-state index in [0.29, 0.717) is 6.04 Å². The number of hydrogen-bond acceptors (Lipinski definition) is 0. The second-order valence-electron chi connectivity index (χ2n) is 3.01. The highest BCUT2D eigenvalue weighted by molar-refractivity contribution is 5.25. The highest BCUT2D eigenvalue weighted by atomic mass is 14.7. The van der Waals surface area contributed by atoms with E-state index in [2.05, 4.69) is 36.1 Å². The van der Waals surface area contributed by atoms with Gasteiger partial charge in [-0.2, -0.15) is 0 Å². The van der Waals surface area contributed by atoms with E-state index in [0.717, 1.165) is 5.92 Å². The molecule has 0 unspecified atom stereocenters. The van der Waals surface area contributed by atoms with Gasteiger partial charge in [-0.3, -0.25) is 0 Å². The number of benzene rings is 1. The Kier molecular flexibility index (Phi) is 1.24. The van der Waals surface area contributed by atoms with Gasteiger partial charge >= 0.3 is 0 Å². The highest BCUT2D eigenvalue weighted by Gasteiger charge is 2.38. The Morgan fingerprint density at radius 3 is 2.30 bits per heavy atom. The monoisotopic (exact) mass is 134 g/mol. The zero-order valence-electron chi connectivity index (χ0n) is 5.96. The van der Waals surface area contributed by atoms with Crippen molar-refractivity contribution in [2.24, 2.45) is 0 Å². The molecule has 0 spiro atoms. The van der Waals surface area contributed by atoms with E-state index in [9.17, 15) is 0 Å². The van der Waals surface area contributed by atoms with E-state index in [1.807, 2.05) is 0 Å². The molecule has 0 amide bonds. The molecule has 0 radical (unpaired) electrons. The van der Waals surface area contributed by atoms with Gasteiger partial charge in [-0.25, -0.2) is 0 Å². The molecule has 1 saturated carbocycles. The summed E-state index contributed by atoms with van der Waals surface area (Å²) < 4.78 is 0. The first-order valence-corrected chi connectivity index (χ1v) is 3.76. The predicted octanol–water partition coefficient (Wildman–Crippen LogP) is 0.784. The van der Waals surface area contributed by atoms with E-state index >= 15 is 0 Å². The third-order valence-corrected chi connectivity index (χ3v) is 2.15. The van der Waals surface area contributed by atoms with Gasteiger partial charge in [0, 0.05) is 12.3 Å². The lowest BCUT2D eigenvalue weighted by atomic mass is 10.1. The Bertz CT molecular complexity index is 217. The second-order valence-corrected chi connectivity index (χ2v) is 3.01. The summed E-state index contributed by atoms with van der Waals surface area (Å²) in [6, 6.07) is 11.3. The average molecular weight is 134 g/mol. The maximum atomic E-state index is 4.01. The molecule has 0 heterocycles. The Balaban J connectivity index is 2.20. The van der Waals surface area contributed by atoms with E-state index in [-0.39, 0.29) is 0 Å². The van der Waals surface area contributed by atoms with Crippen LogP contribution in [0.1, 0.15) is 17.9 Å². The van der Waals surface area contributed by atoms with Crippen LogP contribution < -0.4 is 5.73 Å². The maximum absolute atomic E-state index is 4.01. The van der Waals surface area contributed by atoms with Gasteiger partial charge in [0.05, 0.1) is 6.04 Å². The van der Waals surface area contributed by atoms with Gasteiger partial charge in [0.2, 0.25) is 0 Å². The van der Waals surface area contributed by atoms with Crippen LogP contribution in [-0.2, 0) is 0 Å². The lowest BCUT2D eigenvalue weighted by Gasteiger charge is -1.92. The minimum absolute atomic E-state index is 0.683. The summed E-state index contributed by atoms with van der Waals surface area (Å²) in [5.41, 5.74) is 5.47. The van der Waals surface area contributed by atoms with Crippen LogP contribution in [0.15, 0.2) is 30.3 Å². The number of quaternary nitrogens is 1. The number of rotatable bonds is 1. The van der Waals surface area contributed by atoms with E-state index < -0.39 is 0 Å². The third-order valence-electron chi connectivity index (χ3n) is 2.15. The largest absolute Gasteiger partial charge is 0.355 e. The van der Waals surface area contributed by atoms with Crippen molar-refractivity contribution in [3.05, 3.63) is 35.9 Å². The quantitative estimate of drug-likeness (QED) is 0.588. The molecular formula is C9H12N+. The van der Waals surface area contributed by atoms with Crippen molar-refractivity contribution in [2.75, 3.05) is 0 Å². The van der Waals surface area contributed by atoms with Crippen LogP contribution in [0.25, 0.3) is 0 Å². The molecule has 0 saturated heterocycles. The zero-order valence-corrected chi connectivity index (χ0v) is 5.96. The summed E-state index contributed by atoms with van der Waals surface area (Å²) in [4.78, 5) is 0. The van der Waals surface area contributed by atoms with Gasteiger partial charge < -0.3 is 5.73 Å². The molecule has 10 heavy (non-hydrogen) atoms. The number of hydrogen-bond donors (Lipinski definition) is 1. The molecule has 1 heteroatoms. The smallest absolute Gasteiger partial charge is 0.0923 e. The van der Waals surface area contributed by atoms with Gasteiger partial charge in [0.1, 0.15) is 0 Å². The maximum Gasteiger partial charge on any atom is 0.0923 e. The minimum Gasteiger partial charge on any atom is -0.355 e. The van der Waals surface area contributed by atoms with Crippen LogP contribution in [0, 0.1) is 0 Å².